The zero-order chi connectivity index (χ0) is 15.5. The summed E-state index contributed by atoms with van der Waals surface area (Å²) in [6.45, 7) is 8.93. The van der Waals surface area contributed by atoms with Crippen LogP contribution in [0, 0.1) is 12.3 Å². The molecule has 0 aliphatic carbocycles. The highest BCUT2D eigenvalue weighted by molar-refractivity contribution is 6.30. The average molecular weight is 302 g/mol. The van der Waals surface area contributed by atoms with Gasteiger partial charge in [0.15, 0.2) is 0 Å². The Labute approximate surface area is 133 Å². The summed E-state index contributed by atoms with van der Waals surface area (Å²) in [5, 5.41) is 4.45. The smallest absolute Gasteiger partial charge is 0.0518 e. The molecule has 1 nitrogen and oxygen atoms in total. The van der Waals surface area contributed by atoms with Gasteiger partial charge in [0, 0.05) is 10.7 Å². The van der Waals surface area contributed by atoms with E-state index in [1.807, 2.05) is 12.1 Å². The average Bonchev–Trinajstić information content (AvgIpc) is 2.42. The Morgan fingerprint density at radius 1 is 1.05 bits per heavy atom. The van der Waals surface area contributed by atoms with Crippen molar-refractivity contribution in [3.63, 3.8) is 0 Å². The van der Waals surface area contributed by atoms with E-state index in [4.69, 9.17) is 11.6 Å². The van der Waals surface area contributed by atoms with Gasteiger partial charge < -0.3 is 5.32 Å². The van der Waals surface area contributed by atoms with Crippen molar-refractivity contribution in [2.45, 2.75) is 40.2 Å². The van der Waals surface area contributed by atoms with Crippen LogP contribution in [0.5, 0.6) is 0 Å². The first kappa shape index (κ1) is 15.9. The van der Waals surface area contributed by atoms with E-state index in [2.05, 4.69) is 69.4 Å². The molecular weight excluding hydrogens is 278 g/mol. The van der Waals surface area contributed by atoms with Crippen molar-refractivity contribution < 1.29 is 0 Å². The Kier molecular flexibility index (Phi) is 4.95. The highest BCUT2D eigenvalue weighted by Gasteiger charge is 2.20. The molecule has 2 aromatic rings. The van der Waals surface area contributed by atoms with Gasteiger partial charge in [0.1, 0.15) is 0 Å². The minimum atomic E-state index is 0.250. The summed E-state index contributed by atoms with van der Waals surface area (Å²) in [6, 6.07) is 16.9. The summed E-state index contributed by atoms with van der Waals surface area (Å²) < 4.78 is 0. The number of halogens is 1. The molecule has 0 aromatic heterocycles. The SMILES string of the molecule is Cc1ccc(Cl)cc1NC(CC(C)(C)C)c1ccccc1. The molecule has 0 saturated carbocycles. The fourth-order valence-corrected chi connectivity index (χ4v) is 2.66. The summed E-state index contributed by atoms with van der Waals surface area (Å²) in [4.78, 5) is 0. The Hall–Kier alpha value is -1.47. The summed E-state index contributed by atoms with van der Waals surface area (Å²) in [5.74, 6) is 0. The summed E-state index contributed by atoms with van der Waals surface area (Å²) in [5.41, 5.74) is 3.89. The number of aryl methyl sites for hydroxylation is 1. The molecule has 1 N–H and O–H groups in total. The molecule has 0 spiro atoms. The van der Waals surface area contributed by atoms with Crippen LogP contribution in [0.25, 0.3) is 0 Å². The van der Waals surface area contributed by atoms with E-state index in [0.717, 1.165) is 17.1 Å². The van der Waals surface area contributed by atoms with Crippen molar-refractivity contribution in [2.24, 2.45) is 5.41 Å². The Morgan fingerprint density at radius 3 is 2.33 bits per heavy atom. The maximum atomic E-state index is 6.14. The number of benzene rings is 2. The molecule has 0 fully saturated rings. The highest BCUT2D eigenvalue weighted by Crippen LogP contribution is 2.33. The normalized spacial score (nSPS) is 13.0. The fraction of sp³-hybridized carbons (Fsp3) is 0.368. The number of nitrogens with one attached hydrogen (secondary N) is 1. The second-order valence-corrected chi connectivity index (χ2v) is 7.27. The summed E-state index contributed by atoms with van der Waals surface area (Å²) >= 11 is 6.14. The molecule has 0 radical (unpaired) electrons. The second kappa shape index (κ2) is 6.53. The molecule has 21 heavy (non-hydrogen) atoms. The van der Waals surface area contributed by atoms with Crippen molar-refractivity contribution in [2.75, 3.05) is 5.32 Å². The van der Waals surface area contributed by atoms with Crippen LogP contribution >= 0.6 is 11.6 Å². The molecule has 112 valence electrons. The predicted molar refractivity (Wildman–Crippen MR) is 93.1 cm³/mol. The van der Waals surface area contributed by atoms with Crippen LogP contribution in [0.15, 0.2) is 48.5 Å². The zero-order valence-corrected chi connectivity index (χ0v) is 14.0. The van der Waals surface area contributed by atoms with Crippen molar-refractivity contribution >= 4 is 17.3 Å². The van der Waals surface area contributed by atoms with E-state index in [0.29, 0.717) is 0 Å². The Balaban J connectivity index is 2.30. The third-order valence-electron chi connectivity index (χ3n) is 3.55. The molecule has 1 atom stereocenters. The quantitative estimate of drug-likeness (QED) is 0.705. The standard InChI is InChI=1S/C19H24ClN/c1-14-10-11-16(20)12-17(14)21-18(13-19(2,3)4)15-8-6-5-7-9-15/h5-12,18,21H,13H2,1-4H3. The van der Waals surface area contributed by atoms with Crippen LogP contribution in [-0.2, 0) is 0 Å². The Bertz CT molecular complexity index is 584. The summed E-state index contributed by atoms with van der Waals surface area (Å²) in [7, 11) is 0. The van der Waals surface area contributed by atoms with Gasteiger partial charge in [-0.05, 0) is 42.0 Å². The van der Waals surface area contributed by atoms with Gasteiger partial charge in [-0.25, -0.2) is 0 Å². The summed E-state index contributed by atoms with van der Waals surface area (Å²) in [6.07, 6.45) is 1.06. The number of anilines is 1. The minimum Gasteiger partial charge on any atom is -0.378 e. The fourth-order valence-electron chi connectivity index (χ4n) is 2.49. The lowest BCUT2D eigenvalue weighted by Gasteiger charge is -2.28. The lowest BCUT2D eigenvalue weighted by atomic mass is 9.85. The first-order valence-corrected chi connectivity index (χ1v) is 7.80. The van der Waals surface area contributed by atoms with Gasteiger partial charge >= 0.3 is 0 Å². The van der Waals surface area contributed by atoms with Crippen LogP contribution < -0.4 is 5.32 Å². The molecule has 0 heterocycles. The Morgan fingerprint density at radius 2 is 1.71 bits per heavy atom. The van der Waals surface area contributed by atoms with Crippen LogP contribution in [0.3, 0.4) is 0 Å². The van der Waals surface area contributed by atoms with E-state index in [1.165, 1.54) is 11.1 Å². The third-order valence-corrected chi connectivity index (χ3v) is 3.78. The zero-order valence-electron chi connectivity index (χ0n) is 13.3. The van der Waals surface area contributed by atoms with Crippen molar-refractivity contribution in [3.05, 3.63) is 64.7 Å². The lowest BCUT2D eigenvalue weighted by molar-refractivity contribution is 0.352. The van der Waals surface area contributed by atoms with Crippen LogP contribution in [0.1, 0.15) is 44.4 Å². The van der Waals surface area contributed by atoms with Gasteiger partial charge in [0.05, 0.1) is 6.04 Å². The largest absolute Gasteiger partial charge is 0.378 e. The van der Waals surface area contributed by atoms with Gasteiger partial charge in [-0.15, -0.1) is 0 Å². The molecule has 0 amide bonds. The predicted octanol–water partition coefficient (Wildman–Crippen LogP) is 6.24. The second-order valence-electron chi connectivity index (χ2n) is 6.83. The van der Waals surface area contributed by atoms with Crippen LogP contribution in [-0.4, -0.2) is 0 Å². The van der Waals surface area contributed by atoms with E-state index in [1.54, 1.807) is 0 Å². The molecule has 0 aliphatic rings. The van der Waals surface area contributed by atoms with Crippen molar-refractivity contribution in [1.29, 1.82) is 0 Å². The minimum absolute atomic E-state index is 0.250. The molecule has 2 heteroatoms. The maximum absolute atomic E-state index is 6.14. The lowest BCUT2D eigenvalue weighted by Crippen LogP contribution is -2.19. The van der Waals surface area contributed by atoms with E-state index in [9.17, 15) is 0 Å². The maximum Gasteiger partial charge on any atom is 0.0518 e. The van der Waals surface area contributed by atoms with Gasteiger partial charge in [-0.1, -0.05) is 68.8 Å². The van der Waals surface area contributed by atoms with Gasteiger partial charge in [0.25, 0.3) is 0 Å². The number of rotatable bonds is 4. The molecule has 0 saturated heterocycles. The first-order chi connectivity index (χ1) is 9.85. The van der Waals surface area contributed by atoms with Crippen LogP contribution in [0.2, 0.25) is 5.02 Å². The van der Waals surface area contributed by atoms with Crippen molar-refractivity contribution in [1.82, 2.24) is 0 Å². The molecule has 2 aromatic carbocycles. The van der Waals surface area contributed by atoms with Crippen LogP contribution in [0.4, 0.5) is 5.69 Å². The third kappa shape index (κ3) is 4.78. The molecule has 0 aliphatic heterocycles. The molecule has 2 rings (SSSR count). The van der Waals surface area contributed by atoms with E-state index < -0.39 is 0 Å². The molecule has 1 unspecified atom stereocenters. The molecule has 0 bridgehead atoms. The molecular formula is C19H24ClN. The van der Waals surface area contributed by atoms with Crippen molar-refractivity contribution in [3.8, 4) is 0 Å². The van der Waals surface area contributed by atoms with Gasteiger partial charge in [-0.2, -0.15) is 0 Å². The monoisotopic (exact) mass is 301 g/mol. The number of hydrogen-bond acceptors (Lipinski definition) is 1. The number of hydrogen-bond donors (Lipinski definition) is 1. The van der Waals surface area contributed by atoms with Gasteiger partial charge in [-0.3, -0.25) is 0 Å². The van der Waals surface area contributed by atoms with E-state index >= 15 is 0 Å². The first-order valence-electron chi connectivity index (χ1n) is 7.43. The highest BCUT2D eigenvalue weighted by atomic mass is 35.5. The van der Waals surface area contributed by atoms with Gasteiger partial charge in [0.2, 0.25) is 0 Å². The topological polar surface area (TPSA) is 12.0 Å². The van der Waals surface area contributed by atoms with E-state index in [-0.39, 0.29) is 11.5 Å².